The number of anilines is 1. The highest BCUT2D eigenvalue weighted by molar-refractivity contribution is 5.97. The fourth-order valence-electron chi connectivity index (χ4n) is 2.02. The van der Waals surface area contributed by atoms with Gasteiger partial charge >= 0.3 is 0 Å². The molecule has 3 N–H and O–H groups in total. The number of amides is 1. The lowest BCUT2D eigenvalue weighted by molar-refractivity contribution is -0.121. The number of aryl methyl sites for hydroxylation is 1. The Morgan fingerprint density at radius 2 is 1.94 bits per heavy atom. The van der Waals surface area contributed by atoms with Crippen molar-refractivity contribution >= 4 is 36.5 Å². The summed E-state index contributed by atoms with van der Waals surface area (Å²) in [4.78, 5) is 16.1. The molecule has 0 bridgehead atoms. The maximum atomic E-state index is 11.9. The van der Waals surface area contributed by atoms with Crippen molar-refractivity contribution in [2.45, 2.75) is 38.1 Å². The zero-order valence-electron chi connectivity index (χ0n) is 10.3. The van der Waals surface area contributed by atoms with E-state index >= 15 is 0 Å². The highest BCUT2D eigenvalue weighted by Gasteiger charge is 2.37. The van der Waals surface area contributed by atoms with Gasteiger partial charge in [0.25, 0.3) is 0 Å². The molecule has 6 heteroatoms. The first kappa shape index (κ1) is 17.2. The summed E-state index contributed by atoms with van der Waals surface area (Å²) < 4.78 is 0. The molecule has 2 rings (SSSR count). The smallest absolute Gasteiger partial charge is 0.245 e. The highest BCUT2D eigenvalue weighted by Crippen LogP contribution is 2.28. The predicted octanol–water partition coefficient (Wildman–Crippen LogP) is 2.44. The number of pyridine rings is 1. The molecule has 18 heavy (non-hydrogen) atoms. The van der Waals surface area contributed by atoms with Gasteiger partial charge in [-0.15, -0.1) is 24.8 Å². The summed E-state index contributed by atoms with van der Waals surface area (Å²) in [5.41, 5.74) is 6.42. The summed E-state index contributed by atoms with van der Waals surface area (Å²) in [5, 5.41) is 2.78. The molecule has 4 nitrogen and oxygen atoms in total. The molecule has 1 aromatic rings. The molecule has 1 saturated carbocycles. The Morgan fingerprint density at radius 1 is 1.33 bits per heavy atom. The van der Waals surface area contributed by atoms with E-state index in [2.05, 4.69) is 10.3 Å². The predicted molar refractivity (Wildman–Crippen MR) is 77.5 cm³/mol. The molecule has 1 fully saturated rings. The van der Waals surface area contributed by atoms with E-state index in [1.54, 1.807) is 12.3 Å². The topological polar surface area (TPSA) is 68.0 Å². The first-order chi connectivity index (χ1) is 7.60. The van der Waals surface area contributed by atoms with Gasteiger partial charge in [-0.3, -0.25) is 4.79 Å². The Bertz CT molecular complexity index is 389. The summed E-state index contributed by atoms with van der Waals surface area (Å²) in [6.45, 7) is 1.96. The average Bonchev–Trinajstić information content (AvgIpc) is 2.70. The zero-order chi connectivity index (χ0) is 11.6. The van der Waals surface area contributed by atoms with E-state index in [4.69, 9.17) is 5.73 Å². The van der Waals surface area contributed by atoms with Crippen molar-refractivity contribution in [3.8, 4) is 0 Å². The Kier molecular flexibility index (Phi) is 6.60. The monoisotopic (exact) mass is 291 g/mol. The second-order valence-electron chi connectivity index (χ2n) is 4.54. The number of halogens is 2. The Balaban J connectivity index is 0.00000144. The van der Waals surface area contributed by atoms with E-state index in [1.165, 1.54) is 0 Å². The van der Waals surface area contributed by atoms with Crippen LogP contribution >= 0.6 is 24.8 Å². The molecular weight excluding hydrogens is 273 g/mol. The first-order valence-electron chi connectivity index (χ1n) is 5.63. The number of carbonyl (C=O) groups is 1. The van der Waals surface area contributed by atoms with E-state index in [0.717, 1.165) is 31.2 Å². The minimum Gasteiger partial charge on any atom is -0.317 e. The SMILES string of the molecule is Cc1ccc(NC(=O)C2(N)CCCC2)nc1.Cl.Cl. The average molecular weight is 292 g/mol. The number of hydrogen-bond acceptors (Lipinski definition) is 3. The number of nitrogens with one attached hydrogen (secondary N) is 1. The molecule has 1 aliphatic rings. The highest BCUT2D eigenvalue weighted by atomic mass is 35.5. The molecule has 0 spiro atoms. The summed E-state index contributed by atoms with van der Waals surface area (Å²) in [6, 6.07) is 3.71. The second kappa shape index (κ2) is 6.92. The van der Waals surface area contributed by atoms with Crippen molar-refractivity contribution < 1.29 is 4.79 Å². The van der Waals surface area contributed by atoms with Crippen LogP contribution < -0.4 is 11.1 Å². The van der Waals surface area contributed by atoms with Crippen molar-refractivity contribution in [1.82, 2.24) is 4.98 Å². The zero-order valence-corrected chi connectivity index (χ0v) is 11.9. The maximum Gasteiger partial charge on any atom is 0.245 e. The van der Waals surface area contributed by atoms with Crippen molar-refractivity contribution in [2.24, 2.45) is 5.73 Å². The molecule has 1 aromatic heterocycles. The molecule has 0 radical (unpaired) electrons. The van der Waals surface area contributed by atoms with Gasteiger partial charge in [0, 0.05) is 6.20 Å². The van der Waals surface area contributed by atoms with E-state index < -0.39 is 5.54 Å². The van der Waals surface area contributed by atoms with Gasteiger partial charge in [-0.2, -0.15) is 0 Å². The Morgan fingerprint density at radius 3 is 2.44 bits per heavy atom. The number of aromatic nitrogens is 1. The van der Waals surface area contributed by atoms with Crippen LogP contribution in [0.4, 0.5) is 5.82 Å². The van der Waals surface area contributed by atoms with E-state index in [0.29, 0.717) is 5.82 Å². The Hall–Kier alpha value is -0.840. The van der Waals surface area contributed by atoms with E-state index in [-0.39, 0.29) is 30.7 Å². The van der Waals surface area contributed by atoms with Crippen LogP contribution in [0.15, 0.2) is 18.3 Å². The number of carbonyl (C=O) groups excluding carboxylic acids is 1. The molecule has 0 saturated heterocycles. The number of hydrogen-bond donors (Lipinski definition) is 2. The van der Waals surface area contributed by atoms with Gasteiger partial charge in [-0.25, -0.2) is 4.98 Å². The lowest BCUT2D eigenvalue weighted by Gasteiger charge is -2.21. The minimum atomic E-state index is -0.688. The summed E-state index contributed by atoms with van der Waals surface area (Å²) in [6.07, 6.45) is 5.33. The standard InChI is InChI=1S/C12H17N3O.2ClH/c1-9-4-5-10(14-8-9)15-11(16)12(13)6-2-3-7-12;;/h4-5,8H,2-3,6-7,13H2,1H3,(H,14,15,16);2*1H. The number of nitrogens with zero attached hydrogens (tertiary/aromatic N) is 1. The van der Waals surface area contributed by atoms with Crippen LogP contribution in [0.3, 0.4) is 0 Å². The van der Waals surface area contributed by atoms with Gasteiger partial charge in [-0.05, 0) is 31.4 Å². The van der Waals surface area contributed by atoms with Crippen LogP contribution in [0.5, 0.6) is 0 Å². The van der Waals surface area contributed by atoms with Crippen molar-refractivity contribution in [3.05, 3.63) is 23.9 Å². The fourth-order valence-corrected chi connectivity index (χ4v) is 2.02. The van der Waals surface area contributed by atoms with Crippen molar-refractivity contribution in [1.29, 1.82) is 0 Å². The van der Waals surface area contributed by atoms with Crippen LogP contribution in [0.25, 0.3) is 0 Å². The summed E-state index contributed by atoms with van der Waals surface area (Å²) in [7, 11) is 0. The quantitative estimate of drug-likeness (QED) is 0.879. The number of rotatable bonds is 2. The number of nitrogens with two attached hydrogens (primary N) is 1. The lowest BCUT2D eigenvalue weighted by Crippen LogP contribution is -2.48. The van der Waals surface area contributed by atoms with Gasteiger partial charge in [0.2, 0.25) is 5.91 Å². The van der Waals surface area contributed by atoms with E-state index in [1.807, 2.05) is 13.0 Å². The molecule has 1 heterocycles. The third-order valence-corrected chi connectivity index (χ3v) is 3.10. The van der Waals surface area contributed by atoms with Gasteiger partial charge in [-0.1, -0.05) is 18.9 Å². The van der Waals surface area contributed by atoms with Crippen LogP contribution in [-0.2, 0) is 4.79 Å². The fraction of sp³-hybridized carbons (Fsp3) is 0.500. The molecule has 1 aliphatic carbocycles. The Labute approximate surface area is 120 Å². The van der Waals surface area contributed by atoms with Gasteiger partial charge in [0.1, 0.15) is 5.82 Å². The molecule has 1 amide bonds. The third kappa shape index (κ3) is 3.83. The molecule has 0 unspecified atom stereocenters. The first-order valence-corrected chi connectivity index (χ1v) is 5.63. The van der Waals surface area contributed by atoms with Crippen molar-refractivity contribution in [3.63, 3.8) is 0 Å². The molecule has 0 aliphatic heterocycles. The van der Waals surface area contributed by atoms with Crippen LogP contribution in [0.1, 0.15) is 31.2 Å². The largest absolute Gasteiger partial charge is 0.317 e. The van der Waals surface area contributed by atoms with Crippen molar-refractivity contribution in [2.75, 3.05) is 5.32 Å². The third-order valence-electron chi connectivity index (χ3n) is 3.10. The van der Waals surface area contributed by atoms with Crippen LogP contribution in [0.2, 0.25) is 0 Å². The lowest BCUT2D eigenvalue weighted by atomic mass is 9.98. The van der Waals surface area contributed by atoms with E-state index in [9.17, 15) is 4.79 Å². The van der Waals surface area contributed by atoms with Gasteiger partial charge < -0.3 is 11.1 Å². The second-order valence-corrected chi connectivity index (χ2v) is 4.54. The summed E-state index contributed by atoms with van der Waals surface area (Å²) in [5.74, 6) is 0.466. The minimum absolute atomic E-state index is 0. The maximum absolute atomic E-state index is 11.9. The van der Waals surface area contributed by atoms with Crippen LogP contribution in [-0.4, -0.2) is 16.4 Å². The van der Waals surface area contributed by atoms with Gasteiger partial charge in [0.05, 0.1) is 5.54 Å². The van der Waals surface area contributed by atoms with Gasteiger partial charge in [0.15, 0.2) is 0 Å². The molecular formula is C12H19Cl2N3O. The normalized spacial score (nSPS) is 16.3. The van der Waals surface area contributed by atoms with Crippen LogP contribution in [0, 0.1) is 6.92 Å². The summed E-state index contributed by atoms with van der Waals surface area (Å²) >= 11 is 0. The molecule has 102 valence electrons. The molecule has 0 atom stereocenters. The molecule has 0 aromatic carbocycles.